The zero-order valence-corrected chi connectivity index (χ0v) is 13.2. The molecule has 21 heavy (non-hydrogen) atoms. The Balaban J connectivity index is 2.05. The monoisotopic (exact) mass is 298 g/mol. The van der Waals surface area contributed by atoms with E-state index in [9.17, 15) is 14.7 Å². The number of likely N-dealkylation sites (tertiary alicyclic amines) is 2. The first-order valence-electron chi connectivity index (χ1n) is 7.71. The molecule has 6 heteroatoms. The second-order valence-electron chi connectivity index (χ2n) is 7.05. The molecule has 0 saturated carbocycles. The highest BCUT2D eigenvalue weighted by molar-refractivity contribution is 5.73. The summed E-state index contributed by atoms with van der Waals surface area (Å²) in [6.45, 7) is 8.27. The van der Waals surface area contributed by atoms with Crippen LogP contribution in [0.5, 0.6) is 0 Å². The molecule has 0 spiro atoms. The number of hydrogen-bond donors (Lipinski definition) is 1. The van der Waals surface area contributed by atoms with Crippen LogP contribution in [0.1, 0.15) is 40.0 Å². The molecule has 0 aromatic carbocycles. The number of aliphatic carboxylic acids is 1. The van der Waals surface area contributed by atoms with Crippen LogP contribution in [0.2, 0.25) is 0 Å². The fraction of sp³-hybridized carbons (Fsp3) is 0.867. The highest BCUT2D eigenvalue weighted by Crippen LogP contribution is 2.25. The number of hydrogen-bond acceptors (Lipinski definition) is 4. The van der Waals surface area contributed by atoms with Gasteiger partial charge in [-0.1, -0.05) is 0 Å². The molecular weight excluding hydrogens is 272 g/mol. The minimum atomic E-state index is -0.826. The predicted octanol–water partition coefficient (Wildman–Crippen LogP) is 1.79. The molecule has 2 aliphatic heterocycles. The van der Waals surface area contributed by atoms with E-state index in [0.29, 0.717) is 13.0 Å². The van der Waals surface area contributed by atoms with E-state index in [2.05, 4.69) is 4.90 Å². The van der Waals surface area contributed by atoms with Crippen LogP contribution in [0.15, 0.2) is 0 Å². The van der Waals surface area contributed by atoms with Gasteiger partial charge in [0.25, 0.3) is 0 Å². The molecule has 1 amide bonds. The van der Waals surface area contributed by atoms with Gasteiger partial charge in [-0.05, 0) is 53.1 Å². The molecule has 120 valence electrons. The number of piperidine rings is 1. The molecule has 0 radical (unpaired) electrons. The molecule has 2 fully saturated rings. The average molecular weight is 298 g/mol. The quantitative estimate of drug-likeness (QED) is 0.841. The summed E-state index contributed by atoms with van der Waals surface area (Å²) >= 11 is 0. The summed E-state index contributed by atoms with van der Waals surface area (Å²) in [6.07, 6.45) is 2.52. The maximum atomic E-state index is 12.2. The molecular formula is C15H26N2O4. The van der Waals surface area contributed by atoms with Crippen molar-refractivity contribution < 1.29 is 19.4 Å². The Bertz CT molecular complexity index is 399. The molecule has 2 aliphatic rings. The van der Waals surface area contributed by atoms with Crippen LogP contribution in [-0.2, 0) is 9.53 Å². The standard InChI is InChI=1S/C15H26N2O4/c1-15(2,3)21-14(20)17-9-11(13(18)19)8-12(10-17)16-6-4-5-7-16/h11-12H,4-10H2,1-3H3,(H,18,19)/t11-,12+/m1/s1. The molecule has 6 nitrogen and oxygen atoms in total. The molecule has 1 N–H and O–H groups in total. The third-order valence-corrected chi connectivity index (χ3v) is 4.09. The SMILES string of the molecule is CC(C)(C)OC(=O)N1C[C@H](C(=O)O)C[C@H](N2CCCC2)C1. The lowest BCUT2D eigenvalue weighted by Gasteiger charge is -2.40. The Morgan fingerprint density at radius 3 is 2.29 bits per heavy atom. The average Bonchev–Trinajstić information content (AvgIpc) is 2.90. The number of amides is 1. The summed E-state index contributed by atoms with van der Waals surface area (Å²) < 4.78 is 5.39. The van der Waals surface area contributed by atoms with Crippen LogP contribution >= 0.6 is 0 Å². The minimum absolute atomic E-state index is 0.134. The first-order valence-corrected chi connectivity index (χ1v) is 7.71. The second kappa shape index (κ2) is 6.22. The van der Waals surface area contributed by atoms with Gasteiger partial charge in [0.2, 0.25) is 0 Å². The third-order valence-electron chi connectivity index (χ3n) is 4.09. The van der Waals surface area contributed by atoms with Gasteiger partial charge in [-0.15, -0.1) is 0 Å². The van der Waals surface area contributed by atoms with E-state index in [1.165, 1.54) is 0 Å². The number of carbonyl (C=O) groups excluding carboxylic acids is 1. The van der Waals surface area contributed by atoms with E-state index in [0.717, 1.165) is 25.9 Å². The van der Waals surface area contributed by atoms with E-state index < -0.39 is 23.6 Å². The Morgan fingerprint density at radius 2 is 1.76 bits per heavy atom. The predicted molar refractivity (Wildman–Crippen MR) is 78.1 cm³/mol. The van der Waals surface area contributed by atoms with Crippen molar-refractivity contribution in [3.05, 3.63) is 0 Å². The first-order chi connectivity index (χ1) is 9.76. The number of carbonyl (C=O) groups is 2. The van der Waals surface area contributed by atoms with E-state index in [-0.39, 0.29) is 12.6 Å². The number of carboxylic acids is 1. The van der Waals surface area contributed by atoms with Gasteiger partial charge in [-0.3, -0.25) is 9.69 Å². The van der Waals surface area contributed by atoms with Crippen molar-refractivity contribution in [1.29, 1.82) is 0 Å². The topological polar surface area (TPSA) is 70.1 Å². The Hall–Kier alpha value is -1.30. The summed E-state index contributed by atoms with van der Waals surface area (Å²) in [4.78, 5) is 27.5. The highest BCUT2D eigenvalue weighted by Gasteiger charge is 2.38. The number of rotatable bonds is 2. The Morgan fingerprint density at radius 1 is 1.14 bits per heavy atom. The molecule has 0 aromatic rings. The molecule has 2 atom stereocenters. The van der Waals surface area contributed by atoms with Crippen LogP contribution < -0.4 is 0 Å². The van der Waals surface area contributed by atoms with Gasteiger partial charge in [-0.2, -0.15) is 0 Å². The van der Waals surface area contributed by atoms with Crippen LogP contribution in [-0.4, -0.2) is 64.8 Å². The molecule has 2 saturated heterocycles. The summed E-state index contributed by atoms with van der Waals surface area (Å²) in [5, 5.41) is 9.33. The van der Waals surface area contributed by atoms with E-state index in [1.807, 2.05) is 20.8 Å². The van der Waals surface area contributed by atoms with Gasteiger partial charge in [0, 0.05) is 19.1 Å². The van der Waals surface area contributed by atoms with Crippen molar-refractivity contribution in [2.45, 2.75) is 51.7 Å². The lowest BCUT2D eigenvalue weighted by atomic mass is 9.93. The van der Waals surface area contributed by atoms with E-state index in [4.69, 9.17) is 4.74 Å². The minimum Gasteiger partial charge on any atom is -0.481 e. The molecule has 0 aromatic heterocycles. The summed E-state index contributed by atoms with van der Waals surface area (Å²) in [5.41, 5.74) is -0.559. The van der Waals surface area contributed by atoms with Crippen LogP contribution in [0.3, 0.4) is 0 Å². The molecule has 0 bridgehead atoms. The van der Waals surface area contributed by atoms with Crippen molar-refractivity contribution >= 4 is 12.1 Å². The third kappa shape index (κ3) is 4.33. The largest absolute Gasteiger partial charge is 0.481 e. The van der Waals surface area contributed by atoms with Crippen molar-refractivity contribution in [3.63, 3.8) is 0 Å². The second-order valence-corrected chi connectivity index (χ2v) is 7.05. The maximum Gasteiger partial charge on any atom is 0.410 e. The van der Waals surface area contributed by atoms with Gasteiger partial charge < -0.3 is 14.7 Å². The maximum absolute atomic E-state index is 12.2. The van der Waals surface area contributed by atoms with E-state index >= 15 is 0 Å². The van der Waals surface area contributed by atoms with Crippen LogP contribution in [0.4, 0.5) is 4.79 Å². The van der Waals surface area contributed by atoms with Crippen molar-refractivity contribution in [2.24, 2.45) is 5.92 Å². The van der Waals surface area contributed by atoms with Gasteiger partial charge in [0.05, 0.1) is 5.92 Å². The normalized spacial score (nSPS) is 27.7. The summed E-state index contributed by atoms with van der Waals surface area (Å²) in [5.74, 6) is -1.33. The van der Waals surface area contributed by atoms with Crippen LogP contribution in [0, 0.1) is 5.92 Å². The lowest BCUT2D eigenvalue weighted by molar-refractivity contribution is -0.144. The highest BCUT2D eigenvalue weighted by atomic mass is 16.6. The Kier molecular flexibility index (Phi) is 4.76. The zero-order chi connectivity index (χ0) is 15.6. The molecule has 0 aliphatic carbocycles. The van der Waals surface area contributed by atoms with E-state index in [1.54, 1.807) is 4.90 Å². The number of ether oxygens (including phenoxy) is 1. The lowest BCUT2D eigenvalue weighted by Crippen LogP contribution is -2.54. The number of carboxylic acid groups (broad SMARTS) is 1. The molecule has 2 heterocycles. The molecule has 2 rings (SSSR count). The summed E-state index contributed by atoms with van der Waals surface area (Å²) in [7, 11) is 0. The zero-order valence-electron chi connectivity index (χ0n) is 13.2. The fourth-order valence-corrected chi connectivity index (χ4v) is 3.10. The van der Waals surface area contributed by atoms with Gasteiger partial charge in [0.15, 0.2) is 0 Å². The smallest absolute Gasteiger partial charge is 0.410 e. The number of nitrogens with zero attached hydrogens (tertiary/aromatic N) is 2. The first kappa shape index (κ1) is 16.1. The van der Waals surface area contributed by atoms with Gasteiger partial charge in [-0.25, -0.2) is 4.79 Å². The van der Waals surface area contributed by atoms with Crippen molar-refractivity contribution in [3.8, 4) is 0 Å². The Labute approximate surface area is 126 Å². The van der Waals surface area contributed by atoms with Crippen LogP contribution in [0.25, 0.3) is 0 Å². The molecule has 0 unspecified atom stereocenters. The van der Waals surface area contributed by atoms with Gasteiger partial charge >= 0.3 is 12.1 Å². The van der Waals surface area contributed by atoms with Crippen molar-refractivity contribution in [1.82, 2.24) is 9.80 Å². The van der Waals surface area contributed by atoms with Gasteiger partial charge in [0.1, 0.15) is 5.60 Å². The van der Waals surface area contributed by atoms with Crippen molar-refractivity contribution in [2.75, 3.05) is 26.2 Å². The summed E-state index contributed by atoms with van der Waals surface area (Å²) in [6, 6.07) is 0.134. The fourth-order valence-electron chi connectivity index (χ4n) is 3.10.